The first-order chi connectivity index (χ1) is 8.63. The molecule has 2 aromatic heterocycles. The lowest BCUT2D eigenvalue weighted by molar-refractivity contribution is 0.201. The Morgan fingerprint density at radius 3 is 2.72 bits per heavy atom. The molecule has 4 nitrogen and oxygen atoms in total. The molecule has 0 fully saturated rings. The molecule has 0 aliphatic carbocycles. The third-order valence-corrected chi connectivity index (χ3v) is 3.64. The fourth-order valence-electron chi connectivity index (χ4n) is 1.72. The Morgan fingerprint density at radius 1 is 1.33 bits per heavy atom. The van der Waals surface area contributed by atoms with Crippen LogP contribution in [0.25, 0.3) is 0 Å². The minimum Gasteiger partial charge on any atom is -0.380 e. The lowest BCUT2D eigenvalue weighted by Gasteiger charge is -2.13. The number of nitrogens with zero attached hydrogens (tertiary/aromatic N) is 3. The van der Waals surface area contributed by atoms with Crippen LogP contribution in [0.15, 0.2) is 33.5 Å². The molecule has 0 saturated carbocycles. The van der Waals surface area contributed by atoms with E-state index in [4.69, 9.17) is 0 Å². The van der Waals surface area contributed by atoms with Crippen LogP contribution < -0.4 is 0 Å². The fourth-order valence-corrected chi connectivity index (χ4v) is 2.47. The van der Waals surface area contributed by atoms with Gasteiger partial charge in [0.2, 0.25) is 0 Å². The number of hydrogen-bond donors (Lipinski definition) is 1. The third kappa shape index (κ3) is 2.81. The summed E-state index contributed by atoms with van der Waals surface area (Å²) in [5, 5.41) is 14.6. The number of hydrogen-bond acceptors (Lipinski definition) is 3. The Kier molecular flexibility index (Phi) is 4.53. The van der Waals surface area contributed by atoms with Gasteiger partial charge in [0.15, 0.2) is 0 Å². The van der Waals surface area contributed by atoms with E-state index in [-0.39, 0.29) is 0 Å². The van der Waals surface area contributed by atoms with Crippen LogP contribution in [0.4, 0.5) is 0 Å². The van der Waals surface area contributed by atoms with Crippen LogP contribution in [-0.4, -0.2) is 19.9 Å². The Labute approximate surface area is 122 Å². The Bertz CT molecular complexity index is 525. The quantitative estimate of drug-likeness (QED) is 0.893. The number of aromatic nitrogens is 3. The highest BCUT2D eigenvalue weighted by Crippen LogP contribution is 2.28. The van der Waals surface area contributed by atoms with Gasteiger partial charge in [-0.15, -0.1) is 0 Å². The van der Waals surface area contributed by atoms with Gasteiger partial charge < -0.3 is 5.11 Å². The number of rotatable bonds is 4. The predicted octanol–water partition coefficient (Wildman–Crippen LogP) is 3.29. The Hall–Kier alpha value is -0.720. The van der Waals surface area contributed by atoms with E-state index in [9.17, 15) is 5.11 Å². The topological polar surface area (TPSA) is 50.9 Å². The average Bonchev–Trinajstić information content (AvgIpc) is 2.71. The summed E-state index contributed by atoms with van der Waals surface area (Å²) in [6.07, 6.45) is 3.56. The van der Waals surface area contributed by atoms with Crippen LogP contribution in [0.5, 0.6) is 0 Å². The van der Waals surface area contributed by atoms with E-state index in [1.807, 2.05) is 6.07 Å². The molecule has 6 heteroatoms. The van der Waals surface area contributed by atoms with Gasteiger partial charge in [-0.3, -0.25) is 9.67 Å². The van der Waals surface area contributed by atoms with Crippen molar-refractivity contribution >= 4 is 31.9 Å². The van der Waals surface area contributed by atoms with Gasteiger partial charge in [0.25, 0.3) is 0 Å². The molecule has 0 aliphatic heterocycles. The van der Waals surface area contributed by atoms with Gasteiger partial charge in [-0.25, -0.2) is 0 Å². The smallest absolute Gasteiger partial charge is 0.139 e. The zero-order chi connectivity index (χ0) is 13.1. The maximum atomic E-state index is 10.4. The van der Waals surface area contributed by atoms with Crippen LogP contribution in [-0.2, 0) is 6.54 Å². The van der Waals surface area contributed by atoms with Gasteiger partial charge in [-0.1, -0.05) is 6.92 Å². The van der Waals surface area contributed by atoms with Crippen molar-refractivity contribution in [2.75, 3.05) is 0 Å². The summed E-state index contributed by atoms with van der Waals surface area (Å²) in [4.78, 5) is 4.22. The summed E-state index contributed by atoms with van der Waals surface area (Å²) in [6, 6.07) is 3.66. The van der Waals surface area contributed by atoms with Crippen LogP contribution >= 0.6 is 31.9 Å². The van der Waals surface area contributed by atoms with Crippen molar-refractivity contribution < 1.29 is 5.11 Å². The molecule has 0 aromatic carbocycles. The highest BCUT2D eigenvalue weighted by Gasteiger charge is 2.20. The van der Waals surface area contributed by atoms with E-state index in [0.29, 0.717) is 5.69 Å². The second-order valence-corrected chi connectivity index (χ2v) is 5.67. The van der Waals surface area contributed by atoms with Crippen LogP contribution in [0.1, 0.15) is 30.8 Å². The number of aliphatic hydroxyl groups excluding tert-OH is 1. The Morgan fingerprint density at radius 2 is 2.11 bits per heavy atom. The van der Waals surface area contributed by atoms with Crippen molar-refractivity contribution in [3.05, 3.63) is 44.9 Å². The van der Waals surface area contributed by atoms with Gasteiger partial charge in [-0.05, 0) is 50.4 Å². The summed E-state index contributed by atoms with van der Waals surface area (Å²) in [7, 11) is 0. The molecule has 0 amide bonds. The molecule has 2 rings (SSSR count). The number of aliphatic hydroxyl groups is 1. The standard InChI is InChI=1S/C12H13Br2N3O/c1-2-5-17-11(9(14)7-16-17)12(18)10-4-3-8(13)6-15-10/h3-4,6-7,12,18H,2,5H2,1H3. The molecule has 0 spiro atoms. The first kappa shape index (κ1) is 13.7. The largest absolute Gasteiger partial charge is 0.380 e. The van der Waals surface area contributed by atoms with E-state index < -0.39 is 6.10 Å². The van der Waals surface area contributed by atoms with E-state index >= 15 is 0 Å². The zero-order valence-electron chi connectivity index (χ0n) is 9.85. The van der Waals surface area contributed by atoms with Gasteiger partial charge in [0, 0.05) is 17.2 Å². The van der Waals surface area contributed by atoms with Crippen molar-refractivity contribution in [1.29, 1.82) is 0 Å². The second-order valence-electron chi connectivity index (χ2n) is 3.90. The summed E-state index contributed by atoms with van der Waals surface area (Å²) in [5.41, 5.74) is 1.35. The highest BCUT2D eigenvalue weighted by atomic mass is 79.9. The van der Waals surface area contributed by atoms with Crippen molar-refractivity contribution in [2.24, 2.45) is 0 Å². The molecular formula is C12H13Br2N3O. The van der Waals surface area contributed by atoms with Crippen LogP contribution in [0, 0.1) is 0 Å². The molecule has 96 valence electrons. The van der Waals surface area contributed by atoms with Crippen LogP contribution in [0.2, 0.25) is 0 Å². The van der Waals surface area contributed by atoms with Gasteiger partial charge in [0.05, 0.1) is 22.1 Å². The molecular weight excluding hydrogens is 362 g/mol. The molecule has 0 saturated heterocycles. The van der Waals surface area contributed by atoms with E-state index in [1.165, 1.54) is 0 Å². The van der Waals surface area contributed by atoms with E-state index in [1.54, 1.807) is 23.1 Å². The molecule has 1 N–H and O–H groups in total. The summed E-state index contributed by atoms with van der Waals surface area (Å²) in [6.45, 7) is 2.85. The molecule has 0 bridgehead atoms. The number of pyridine rings is 1. The zero-order valence-corrected chi connectivity index (χ0v) is 13.0. The van der Waals surface area contributed by atoms with Crippen molar-refractivity contribution in [3.63, 3.8) is 0 Å². The minimum atomic E-state index is -0.776. The minimum absolute atomic E-state index is 0.608. The maximum Gasteiger partial charge on any atom is 0.139 e. The normalized spacial score (nSPS) is 12.7. The van der Waals surface area contributed by atoms with Gasteiger partial charge in [-0.2, -0.15) is 5.10 Å². The number of halogens is 2. The molecule has 1 unspecified atom stereocenters. The Balaban J connectivity index is 2.35. The summed E-state index contributed by atoms with van der Waals surface area (Å²) < 4.78 is 3.49. The summed E-state index contributed by atoms with van der Waals surface area (Å²) >= 11 is 6.75. The van der Waals surface area contributed by atoms with E-state index in [2.05, 4.69) is 48.9 Å². The van der Waals surface area contributed by atoms with E-state index in [0.717, 1.165) is 27.6 Å². The van der Waals surface area contributed by atoms with Gasteiger partial charge >= 0.3 is 0 Å². The lowest BCUT2D eigenvalue weighted by Crippen LogP contribution is -2.11. The monoisotopic (exact) mass is 373 g/mol. The molecule has 0 aliphatic rings. The van der Waals surface area contributed by atoms with Crippen molar-refractivity contribution in [2.45, 2.75) is 26.0 Å². The number of aryl methyl sites for hydroxylation is 1. The highest BCUT2D eigenvalue weighted by molar-refractivity contribution is 9.10. The maximum absolute atomic E-state index is 10.4. The molecule has 18 heavy (non-hydrogen) atoms. The van der Waals surface area contributed by atoms with Crippen molar-refractivity contribution in [3.8, 4) is 0 Å². The predicted molar refractivity (Wildman–Crippen MR) is 76.2 cm³/mol. The lowest BCUT2D eigenvalue weighted by atomic mass is 10.1. The molecule has 1 atom stereocenters. The average molecular weight is 375 g/mol. The summed E-state index contributed by atoms with van der Waals surface area (Å²) in [5.74, 6) is 0. The van der Waals surface area contributed by atoms with Crippen LogP contribution in [0.3, 0.4) is 0 Å². The first-order valence-electron chi connectivity index (χ1n) is 5.64. The second kappa shape index (κ2) is 5.95. The SMILES string of the molecule is CCCn1ncc(Br)c1C(O)c1ccc(Br)cn1. The molecule has 2 heterocycles. The van der Waals surface area contributed by atoms with Crippen molar-refractivity contribution in [1.82, 2.24) is 14.8 Å². The fraction of sp³-hybridized carbons (Fsp3) is 0.333. The van der Waals surface area contributed by atoms with Gasteiger partial charge in [0.1, 0.15) is 6.10 Å². The molecule has 2 aromatic rings. The third-order valence-electron chi connectivity index (χ3n) is 2.56. The first-order valence-corrected chi connectivity index (χ1v) is 7.22. The molecule has 0 radical (unpaired) electrons.